The highest BCUT2D eigenvalue weighted by molar-refractivity contribution is 7.43. The predicted molar refractivity (Wildman–Crippen MR) is 412 cm³/mol. The standard InChI is InChI=1S/C90H123O9P/c1-79(2,3)49-85(19,20)55-31-37-67-61(43-55)73(76(91)94-67)64-46-58(88(25,26)52-82(10,11)12)34-40-70(64)97-100(98-71-41-35-59(89(27,28)53-83(13,14)15)47-65(71)74-62-44-56(32-38-68(62)95-77(74)92)86(21,22)50-80(4,5)6)99-72-42-36-60(90(29,30)54-84(16,17)18)48-66(72)75-63-45-57(33-39-69(63)96-78(75)93)87(23,24)51-81(7,8)9/h31-48,73-75H,49-54H2,1-30H3. The van der Waals surface area contributed by atoms with Gasteiger partial charge in [-0.25, -0.2) is 0 Å². The van der Waals surface area contributed by atoms with E-state index in [-0.39, 0.29) is 65.0 Å². The average Bonchev–Trinajstić information content (AvgIpc) is 1.59. The molecule has 10 heteroatoms. The maximum absolute atomic E-state index is 15.2. The summed E-state index contributed by atoms with van der Waals surface area (Å²) in [4.78, 5) is 45.5. The molecule has 3 atom stereocenters. The van der Waals surface area contributed by atoms with E-state index in [9.17, 15) is 0 Å². The molecule has 0 saturated heterocycles. The maximum atomic E-state index is 15.2. The quantitative estimate of drug-likeness (QED) is 0.0396. The molecule has 3 heterocycles. The largest absolute Gasteiger partial charge is 0.530 e. The lowest BCUT2D eigenvalue weighted by Gasteiger charge is -2.34. The fourth-order valence-corrected chi connectivity index (χ4v) is 19.4. The summed E-state index contributed by atoms with van der Waals surface area (Å²) in [6.45, 7) is 67.8. The fourth-order valence-electron chi connectivity index (χ4n) is 18.3. The zero-order valence-electron chi connectivity index (χ0n) is 67.0. The van der Waals surface area contributed by atoms with Crippen molar-refractivity contribution in [2.24, 2.45) is 32.5 Å². The summed E-state index contributed by atoms with van der Waals surface area (Å²) in [6.07, 6.45) is 5.23. The molecule has 0 fully saturated rings. The summed E-state index contributed by atoms with van der Waals surface area (Å²) < 4.78 is 41.8. The molecule has 3 unspecified atom stereocenters. The topological polar surface area (TPSA) is 107 Å². The predicted octanol–water partition coefficient (Wildman–Crippen LogP) is 24.9. The molecular weight excluding hydrogens is 1260 g/mol. The molecular formula is C90H123O9P. The maximum Gasteiger partial charge on any atom is 0.530 e. The molecule has 100 heavy (non-hydrogen) atoms. The second-order valence-electron chi connectivity index (χ2n) is 41.3. The zero-order chi connectivity index (χ0) is 74.6. The van der Waals surface area contributed by atoms with Crippen molar-refractivity contribution < 1.29 is 42.2 Å². The van der Waals surface area contributed by atoms with Crippen molar-refractivity contribution in [1.82, 2.24) is 0 Å². The van der Waals surface area contributed by atoms with Crippen LogP contribution >= 0.6 is 8.60 Å². The van der Waals surface area contributed by atoms with E-state index in [0.717, 1.165) is 88.6 Å². The van der Waals surface area contributed by atoms with Crippen molar-refractivity contribution in [2.45, 2.75) is 296 Å². The molecule has 9 nitrogen and oxygen atoms in total. The molecule has 542 valence electrons. The first-order valence-corrected chi connectivity index (χ1v) is 37.9. The molecule has 0 radical (unpaired) electrons. The third-order valence-electron chi connectivity index (χ3n) is 20.3. The first-order chi connectivity index (χ1) is 45.4. The van der Waals surface area contributed by atoms with E-state index in [1.165, 1.54) is 0 Å². The van der Waals surface area contributed by atoms with Crippen LogP contribution in [-0.4, -0.2) is 17.9 Å². The van der Waals surface area contributed by atoms with Crippen LogP contribution in [0.4, 0.5) is 0 Å². The van der Waals surface area contributed by atoms with Gasteiger partial charge in [-0.15, -0.1) is 0 Å². The smallest absolute Gasteiger partial charge is 0.425 e. The van der Waals surface area contributed by atoms with Crippen molar-refractivity contribution >= 4 is 26.5 Å². The minimum Gasteiger partial charge on any atom is -0.425 e. The van der Waals surface area contributed by atoms with Crippen molar-refractivity contribution in [1.29, 1.82) is 0 Å². The number of ether oxygens (including phenoxy) is 3. The van der Waals surface area contributed by atoms with Crippen molar-refractivity contribution in [3.63, 3.8) is 0 Å². The SMILES string of the molecule is CC(C)(C)CC(C)(C)c1ccc2c(c1)C(c1cc(C(C)(C)CC(C)(C)C)ccc1OP(Oc1ccc(C(C)(C)CC(C)(C)C)cc1C1C(=O)Oc3ccc(C(C)(C)CC(C)(C)C)cc31)Oc1ccc(C(C)(C)CC(C)(C)C)cc1C1C(=O)Oc3ccc(C(C)(C)CC(C)(C)C)cc31)C(=O)O2. The number of esters is 3. The second kappa shape index (κ2) is 26.7. The van der Waals surface area contributed by atoms with E-state index in [4.69, 9.17) is 27.8 Å². The minimum absolute atomic E-state index is 0.0197. The van der Waals surface area contributed by atoms with Gasteiger partial charge in [0.15, 0.2) is 0 Å². The lowest BCUT2D eigenvalue weighted by atomic mass is 9.71. The van der Waals surface area contributed by atoms with Crippen LogP contribution in [0.15, 0.2) is 109 Å². The molecule has 3 aliphatic rings. The van der Waals surface area contributed by atoms with Gasteiger partial charge in [-0.3, -0.25) is 14.4 Å². The molecule has 6 aromatic carbocycles. The number of carbonyl (C=O) groups excluding carboxylic acids is 3. The minimum atomic E-state index is -2.68. The summed E-state index contributed by atoms with van der Waals surface area (Å²) >= 11 is 0. The second-order valence-corrected chi connectivity index (χ2v) is 42.3. The van der Waals surface area contributed by atoms with E-state index < -0.39 is 44.3 Å². The molecule has 6 aromatic rings. The Hall–Kier alpha value is -6.44. The third kappa shape index (κ3) is 18.1. The molecule has 0 bridgehead atoms. The molecule has 9 rings (SSSR count). The van der Waals surface area contributed by atoms with Crippen LogP contribution in [-0.2, 0) is 46.9 Å². The Morgan fingerprint density at radius 3 is 0.610 bits per heavy atom. The van der Waals surface area contributed by atoms with Crippen molar-refractivity contribution in [3.8, 4) is 34.5 Å². The zero-order valence-corrected chi connectivity index (χ0v) is 67.9. The highest BCUT2D eigenvalue weighted by Crippen LogP contribution is 2.57. The van der Waals surface area contributed by atoms with Gasteiger partial charge in [0, 0.05) is 33.4 Å². The van der Waals surface area contributed by atoms with Crippen LogP contribution in [0.5, 0.6) is 34.5 Å². The summed E-state index contributed by atoms with van der Waals surface area (Å²) in [7, 11) is -2.68. The van der Waals surface area contributed by atoms with Crippen molar-refractivity contribution in [2.75, 3.05) is 0 Å². The van der Waals surface area contributed by atoms with Gasteiger partial charge in [0.05, 0.1) is 0 Å². The van der Waals surface area contributed by atoms with Crippen LogP contribution in [0.2, 0.25) is 0 Å². The van der Waals surface area contributed by atoms with Gasteiger partial charge in [0.2, 0.25) is 0 Å². The number of carbonyl (C=O) groups is 3. The Labute approximate surface area is 604 Å². The Bertz CT molecular complexity index is 3650. The van der Waals surface area contributed by atoms with E-state index in [1.54, 1.807) is 0 Å². The summed E-state index contributed by atoms with van der Waals surface area (Å²) in [5.41, 5.74) is 8.53. The van der Waals surface area contributed by atoms with Gasteiger partial charge >= 0.3 is 26.5 Å². The summed E-state index contributed by atoms with van der Waals surface area (Å²) in [5, 5.41) is 0. The van der Waals surface area contributed by atoms with Gasteiger partial charge in [-0.1, -0.05) is 281 Å². The molecule has 0 spiro atoms. The average molecular weight is 1380 g/mol. The number of hydrogen-bond donors (Lipinski definition) is 0. The first kappa shape index (κ1) is 77.7. The highest BCUT2D eigenvalue weighted by atomic mass is 31.2. The van der Waals surface area contributed by atoms with E-state index in [2.05, 4.69) is 281 Å². The summed E-state index contributed by atoms with van der Waals surface area (Å²) in [5.74, 6) is -1.36. The Balaban J connectivity index is 1.32. The Morgan fingerprint density at radius 1 is 0.260 bits per heavy atom. The van der Waals surface area contributed by atoms with Crippen LogP contribution in [0.25, 0.3) is 0 Å². The molecule has 0 aliphatic carbocycles. The van der Waals surface area contributed by atoms with E-state index in [1.807, 2.05) is 36.4 Å². The van der Waals surface area contributed by atoms with Gasteiger partial charge in [0.1, 0.15) is 52.3 Å². The number of benzene rings is 6. The van der Waals surface area contributed by atoms with Gasteiger partial charge < -0.3 is 27.8 Å². The summed E-state index contributed by atoms with van der Waals surface area (Å²) in [6, 6.07) is 37.2. The number of rotatable bonds is 21. The van der Waals surface area contributed by atoms with Crippen LogP contribution < -0.4 is 27.8 Å². The molecule has 3 aliphatic heterocycles. The monoisotopic (exact) mass is 1380 g/mol. The van der Waals surface area contributed by atoms with Crippen LogP contribution in [0, 0.1) is 32.5 Å². The number of fused-ring (bicyclic) bond motifs is 3. The molecule has 0 N–H and O–H groups in total. The Morgan fingerprint density at radius 2 is 0.430 bits per heavy atom. The Kier molecular flexibility index (Phi) is 20.7. The van der Waals surface area contributed by atoms with E-state index in [0.29, 0.717) is 51.2 Å². The third-order valence-corrected chi connectivity index (χ3v) is 21.3. The van der Waals surface area contributed by atoms with Gasteiger partial charge in [0.25, 0.3) is 0 Å². The first-order valence-electron chi connectivity index (χ1n) is 36.8. The lowest BCUT2D eigenvalue weighted by Crippen LogP contribution is -2.26. The molecule has 0 aromatic heterocycles. The number of hydrogen-bond acceptors (Lipinski definition) is 9. The van der Waals surface area contributed by atoms with E-state index >= 15 is 14.4 Å². The fraction of sp³-hybridized carbons (Fsp3) is 0.567. The normalized spacial score (nSPS) is 17.7. The van der Waals surface area contributed by atoms with Crippen LogP contribution in [0.3, 0.4) is 0 Å². The molecule has 0 amide bonds. The highest BCUT2D eigenvalue weighted by Gasteiger charge is 2.46. The van der Waals surface area contributed by atoms with Gasteiger partial charge in [-0.2, -0.15) is 0 Å². The van der Waals surface area contributed by atoms with Crippen molar-refractivity contribution in [3.05, 3.63) is 176 Å². The van der Waals surface area contributed by atoms with Gasteiger partial charge in [-0.05, 0) is 173 Å². The van der Waals surface area contributed by atoms with Crippen LogP contribution in [0.1, 0.15) is 331 Å². The molecule has 0 saturated carbocycles. The lowest BCUT2D eigenvalue weighted by molar-refractivity contribution is -0.134.